The summed E-state index contributed by atoms with van der Waals surface area (Å²) in [5.41, 5.74) is 14.8. The number of carbonyl (C=O) groups excluding carboxylic acids is 1. The molecule has 0 aliphatic rings. The van der Waals surface area contributed by atoms with E-state index in [2.05, 4.69) is 114 Å². The Labute approximate surface area is 256 Å². The summed E-state index contributed by atoms with van der Waals surface area (Å²) in [5.74, 6) is 0.251. The number of amides is 1. The number of likely N-dealkylation sites (N-methyl/N-ethyl adjacent to an activating group) is 2. The van der Waals surface area contributed by atoms with Crippen LogP contribution in [0.5, 0.6) is 0 Å². The molecule has 0 bridgehead atoms. The van der Waals surface area contributed by atoms with Crippen molar-refractivity contribution >= 4 is 22.6 Å². The summed E-state index contributed by atoms with van der Waals surface area (Å²) in [7, 11) is 1.98. The number of nitrogens with zero attached hydrogens (tertiary/aromatic N) is 2. The lowest BCUT2D eigenvalue weighted by molar-refractivity contribution is -0.133. The van der Waals surface area contributed by atoms with Crippen molar-refractivity contribution in [2.24, 2.45) is 16.5 Å². The molecule has 0 aliphatic carbocycles. The first kappa shape index (κ1) is 31.7. The molecule has 0 aliphatic heterocycles. The molecule has 0 aromatic heterocycles. The lowest BCUT2D eigenvalue weighted by Crippen LogP contribution is -2.51. The van der Waals surface area contributed by atoms with Crippen LogP contribution in [0.3, 0.4) is 0 Å². The molecule has 0 heterocycles. The molecular formula is C36H46N6O. The molecule has 0 fully saturated rings. The maximum atomic E-state index is 14.2. The maximum absolute atomic E-state index is 14.2. The molecule has 4 aromatic rings. The molecule has 6 N–H and O–H groups in total. The van der Waals surface area contributed by atoms with Gasteiger partial charge in [0.05, 0.1) is 6.04 Å². The Balaban J connectivity index is 1.49. The van der Waals surface area contributed by atoms with Crippen molar-refractivity contribution in [3.63, 3.8) is 0 Å². The number of carbonyl (C=O) groups is 1. The van der Waals surface area contributed by atoms with Crippen LogP contribution in [0.15, 0.2) is 108 Å². The number of hydrogen-bond donors (Lipinski definition) is 4. The van der Waals surface area contributed by atoms with Gasteiger partial charge in [-0.15, -0.1) is 0 Å². The number of guanidine groups is 1. The largest absolute Gasteiger partial charge is 0.370 e. The van der Waals surface area contributed by atoms with Gasteiger partial charge in [-0.25, -0.2) is 0 Å². The number of aliphatic imine (C=N–C) groups is 1. The minimum Gasteiger partial charge on any atom is -0.370 e. The molecule has 0 saturated heterocycles. The first-order chi connectivity index (χ1) is 21.0. The Hall–Kier alpha value is -4.20. The van der Waals surface area contributed by atoms with E-state index in [1.807, 2.05) is 24.1 Å². The van der Waals surface area contributed by atoms with Crippen molar-refractivity contribution in [1.29, 1.82) is 0 Å². The van der Waals surface area contributed by atoms with Gasteiger partial charge in [0.1, 0.15) is 0 Å². The van der Waals surface area contributed by atoms with Crippen LogP contribution in [0, 0.1) is 0 Å². The van der Waals surface area contributed by atoms with Crippen molar-refractivity contribution in [2.75, 3.05) is 33.2 Å². The molecule has 1 amide bonds. The zero-order chi connectivity index (χ0) is 30.4. The summed E-state index contributed by atoms with van der Waals surface area (Å²) in [4.78, 5) is 20.3. The molecule has 2 atom stereocenters. The lowest BCUT2D eigenvalue weighted by Gasteiger charge is -2.31. The first-order valence-corrected chi connectivity index (χ1v) is 15.3. The van der Waals surface area contributed by atoms with Crippen LogP contribution in [0.2, 0.25) is 0 Å². The van der Waals surface area contributed by atoms with Crippen molar-refractivity contribution in [3.05, 3.63) is 120 Å². The monoisotopic (exact) mass is 578 g/mol. The number of fused-ring (bicyclic) bond motifs is 1. The first-order valence-electron chi connectivity index (χ1n) is 15.3. The molecule has 7 nitrogen and oxygen atoms in total. The second-order valence-corrected chi connectivity index (χ2v) is 11.0. The highest BCUT2D eigenvalue weighted by Crippen LogP contribution is 2.26. The number of benzene rings is 4. The average molecular weight is 579 g/mol. The predicted octanol–water partition coefficient (Wildman–Crippen LogP) is 4.66. The normalized spacial score (nSPS) is 12.6. The van der Waals surface area contributed by atoms with Gasteiger partial charge < -0.3 is 27.0 Å². The molecule has 7 heteroatoms. The van der Waals surface area contributed by atoms with Gasteiger partial charge in [0.2, 0.25) is 5.91 Å². The van der Waals surface area contributed by atoms with E-state index < -0.39 is 0 Å². The molecular weight excluding hydrogens is 532 g/mol. The van der Waals surface area contributed by atoms with Gasteiger partial charge >= 0.3 is 0 Å². The van der Waals surface area contributed by atoms with Crippen LogP contribution in [0.1, 0.15) is 42.4 Å². The fourth-order valence-electron chi connectivity index (χ4n) is 5.62. The minimum atomic E-state index is -0.353. The van der Waals surface area contributed by atoms with E-state index in [-0.39, 0.29) is 29.9 Å². The molecule has 4 aromatic carbocycles. The summed E-state index contributed by atoms with van der Waals surface area (Å²) < 4.78 is 0. The van der Waals surface area contributed by atoms with E-state index in [4.69, 9.17) is 11.5 Å². The Morgan fingerprint density at radius 3 is 2.09 bits per heavy atom. The van der Waals surface area contributed by atoms with E-state index in [0.29, 0.717) is 39.0 Å². The Morgan fingerprint density at radius 2 is 1.49 bits per heavy atom. The van der Waals surface area contributed by atoms with Crippen LogP contribution in [0.25, 0.3) is 10.8 Å². The van der Waals surface area contributed by atoms with Crippen molar-refractivity contribution in [1.82, 2.24) is 15.5 Å². The third kappa shape index (κ3) is 9.40. The predicted molar refractivity (Wildman–Crippen MR) is 179 cm³/mol. The molecule has 0 radical (unpaired) electrons. The number of nitrogens with two attached hydrogens (primary N) is 2. The van der Waals surface area contributed by atoms with E-state index in [1.165, 1.54) is 27.5 Å². The van der Waals surface area contributed by atoms with Crippen molar-refractivity contribution in [3.8, 4) is 0 Å². The Kier molecular flexibility index (Phi) is 12.1. The van der Waals surface area contributed by atoms with Gasteiger partial charge in [0, 0.05) is 38.1 Å². The van der Waals surface area contributed by atoms with Gasteiger partial charge in [-0.3, -0.25) is 9.79 Å². The highest BCUT2D eigenvalue weighted by molar-refractivity contribution is 5.83. The average Bonchev–Trinajstić information content (AvgIpc) is 3.04. The lowest BCUT2D eigenvalue weighted by atomic mass is 9.90. The topological polar surface area (TPSA) is 109 Å². The van der Waals surface area contributed by atoms with Gasteiger partial charge in [-0.05, 0) is 60.7 Å². The Bertz CT molecular complexity index is 1400. The molecule has 43 heavy (non-hydrogen) atoms. The minimum absolute atomic E-state index is 0.0743. The Morgan fingerprint density at radius 1 is 0.860 bits per heavy atom. The fraction of sp³-hybridized carbons (Fsp3) is 0.333. The molecule has 0 spiro atoms. The van der Waals surface area contributed by atoms with Crippen LogP contribution in [-0.4, -0.2) is 62.1 Å². The summed E-state index contributed by atoms with van der Waals surface area (Å²) in [6.07, 6.45) is 2.19. The molecule has 0 saturated carbocycles. The number of rotatable bonds is 16. The third-order valence-corrected chi connectivity index (χ3v) is 8.06. The summed E-state index contributed by atoms with van der Waals surface area (Å²) >= 11 is 0. The van der Waals surface area contributed by atoms with Crippen LogP contribution in [-0.2, 0) is 11.2 Å². The van der Waals surface area contributed by atoms with Crippen molar-refractivity contribution in [2.45, 2.75) is 44.2 Å². The summed E-state index contributed by atoms with van der Waals surface area (Å²) in [6.45, 7) is 4.41. The maximum Gasteiger partial charge on any atom is 0.239 e. The standard InChI is InChI=1S/C36H46N6O/c1-3-42(26-33(29-14-6-4-7-15-29)30-16-8-5-9-17-30)35(43)34(19-12-22-40-36(37)38)41-25-32(39-2)24-27-20-21-28-13-10-11-18-31(28)23-27/h4-11,13-18,20-21,23,32-34,39,41H,3,12,19,22,24-26H2,1-2H3,(H4,37,38,40)/t32-,34-/m0/s1. The zero-order valence-corrected chi connectivity index (χ0v) is 25.5. The van der Waals surface area contributed by atoms with Crippen LogP contribution in [0.4, 0.5) is 0 Å². The van der Waals surface area contributed by atoms with E-state index >= 15 is 0 Å². The molecule has 226 valence electrons. The van der Waals surface area contributed by atoms with E-state index in [1.54, 1.807) is 0 Å². The second kappa shape index (κ2) is 16.4. The van der Waals surface area contributed by atoms with Gasteiger partial charge in [0.15, 0.2) is 5.96 Å². The SMILES string of the molecule is CCN(CC(c1ccccc1)c1ccccc1)C(=O)[C@H](CCCN=C(N)N)NC[C@H](Cc1ccc2ccccc2c1)NC. The number of nitrogens with one attached hydrogen (secondary N) is 2. The van der Waals surface area contributed by atoms with Gasteiger partial charge in [-0.2, -0.15) is 0 Å². The number of hydrogen-bond acceptors (Lipinski definition) is 4. The highest BCUT2D eigenvalue weighted by Gasteiger charge is 2.27. The molecule has 0 unspecified atom stereocenters. The van der Waals surface area contributed by atoms with Gasteiger partial charge in [-0.1, -0.05) is 103 Å². The summed E-state index contributed by atoms with van der Waals surface area (Å²) in [6, 6.07) is 35.7. The highest BCUT2D eigenvalue weighted by atomic mass is 16.2. The second-order valence-electron chi connectivity index (χ2n) is 11.0. The van der Waals surface area contributed by atoms with E-state index in [9.17, 15) is 4.79 Å². The van der Waals surface area contributed by atoms with Crippen LogP contribution >= 0.6 is 0 Å². The summed E-state index contributed by atoms with van der Waals surface area (Å²) in [5, 5.41) is 9.54. The quantitative estimate of drug-likeness (QED) is 0.0879. The fourth-order valence-corrected chi connectivity index (χ4v) is 5.62. The smallest absolute Gasteiger partial charge is 0.239 e. The van der Waals surface area contributed by atoms with E-state index in [0.717, 1.165) is 6.42 Å². The van der Waals surface area contributed by atoms with Crippen LogP contribution < -0.4 is 22.1 Å². The van der Waals surface area contributed by atoms with Crippen molar-refractivity contribution < 1.29 is 4.79 Å². The zero-order valence-electron chi connectivity index (χ0n) is 25.5. The molecule has 4 rings (SSSR count). The third-order valence-electron chi connectivity index (χ3n) is 8.06. The van der Waals surface area contributed by atoms with Gasteiger partial charge in [0.25, 0.3) is 0 Å².